The van der Waals surface area contributed by atoms with Crippen molar-refractivity contribution in [1.29, 1.82) is 0 Å². The number of thioether (sulfide) groups is 1. The summed E-state index contributed by atoms with van der Waals surface area (Å²) in [5, 5.41) is -0.429. The topological polar surface area (TPSA) is 50.5 Å². The van der Waals surface area contributed by atoms with Gasteiger partial charge < -0.3 is 4.42 Å². The molecule has 158 valence electrons. The third kappa shape index (κ3) is 4.47. The molecule has 4 rings (SSSR count). The molecule has 3 aromatic rings. The Hall–Kier alpha value is -2.78. The molecule has 1 aliphatic heterocycles. The van der Waals surface area contributed by atoms with Crippen LogP contribution < -0.4 is 0 Å². The van der Waals surface area contributed by atoms with Gasteiger partial charge in [0, 0.05) is 16.1 Å². The molecule has 0 atom stereocenters. The minimum absolute atomic E-state index is 0.0200. The summed E-state index contributed by atoms with van der Waals surface area (Å²) in [6, 6.07) is 15.2. The van der Waals surface area contributed by atoms with Gasteiger partial charge >= 0.3 is 6.18 Å². The highest BCUT2D eigenvalue weighted by atomic mass is 79.9. The second kappa shape index (κ2) is 8.39. The molecule has 9 heteroatoms. The van der Waals surface area contributed by atoms with E-state index in [9.17, 15) is 22.8 Å². The zero-order chi connectivity index (χ0) is 22.2. The quantitative estimate of drug-likeness (QED) is 0.358. The summed E-state index contributed by atoms with van der Waals surface area (Å²) in [4.78, 5) is 26.3. The van der Waals surface area contributed by atoms with Crippen molar-refractivity contribution in [2.75, 3.05) is 0 Å². The van der Waals surface area contributed by atoms with Gasteiger partial charge in [0.25, 0.3) is 11.1 Å². The molecule has 1 saturated heterocycles. The molecule has 0 radical (unpaired) electrons. The fraction of sp³-hybridized carbons (Fsp3) is 0.0909. The number of rotatable bonds is 4. The first-order valence-electron chi connectivity index (χ1n) is 8.99. The SMILES string of the molecule is O=C1S/C(=C\c2ccc(-c3ccccc3C(F)(F)F)o2)C(=O)N1Cc1ccccc1Br. The summed E-state index contributed by atoms with van der Waals surface area (Å²) >= 11 is 4.15. The molecule has 2 amide bonds. The number of hydrogen-bond donors (Lipinski definition) is 0. The molecule has 0 bridgehead atoms. The predicted molar refractivity (Wildman–Crippen MR) is 115 cm³/mol. The van der Waals surface area contributed by atoms with Crippen LogP contribution in [0, 0.1) is 0 Å². The molecular weight excluding hydrogens is 495 g/mol. The van der Waals surface area contributed by atoms with Gasteiger partial charge in [0.1, 0.15) is 11.5 Å². The Kier molecular flexibility index (Phi) is 5.81. The summed E-state index contributed by atoms with van der Waals surface area (Å²) in [6.45, 7) is 0.103. The van der Waals surface area contributed by atoms with Crippen LogP contribution in [-0.4, -0.2) is 16.0 Å². The number of hydrogen-bond acceptors (Lipinski definition) is 4. The number of alkyl halides is 3. The first kappa shape index (κ1) is 21.5. The molecule has 0 saturated carbocycles. The highest BCUT2D eigenvalue weighted by Crippen LogP contribution is 2.39. The number of nitrogens with zero attached hydrogens (tertiary/aromatic N) is 1. The number of imide groups is 1. The van der Waals surface area contributed by atoms with Gasteiger partial charge in [-0.15, -0.1) is 0 Å². The summed E-state index contributed by atoms with van der Waals surface area (Å²) in [5.41, 5.74) is -0.142. The maximum absolute atomic E-state index is 13.3. The van der Waals surface area contributed by atoms with E-state index in [1.54, 1.807) is 12.1 Å². The van der Waals surface area contributed by atoms with Crippen molar-refractivity contribution < 1.29 is 27.2 Å². The minimum Gasteiger partial charge on any atom is -0.457 e. The summed E-state index contributed by atoms with van der Waals surface area (Å²) < 4.78 is 46.1. The van der Waals surface area contributed by atoms with Crippen LogP contribution in [0.3, 0.4) is 0 Å². The maximum Gasteiger partial charge on any atom is 0.417 e. The van der Waals surface area contributed by atoms with Crippen LogP contribution in [0.25, 0.3) is 17.4 Å². The van der Waals surface area contributed by atoms with Crippen molar-refractivity contribution in [3.8, 4) is 11.3 Å². The van der Waals surface area contributed by atoms with Crippen LogP contribution in [0.2, 0.25) is 0 Å². The van der Waals surface area contributed by atoms with Gasteiger partial charge in [0.2, 0.25) is 0 Å². The molecule has 2 aromatic carbocycles. The molecule has 0 unspecified atom stereocenters. The lowest BCUT2D eigenvalue weighted by Gasteiger charge is -2.13. The number of halogens is 4. The van der Waals surface area contributed by atoms with E-state index >= 15 is 0 Å². The fourth-order valence-corrected chi connectivity index (χ4v) is 4.31. The van der Waals surface area contributed by atoms with E-state index < -0.39 is 22.9 Å². The molecular formula is C22H13BrF3NO3S. The second-order valence-corrected chi connectivity index (χ2v) is 8.45. The number of amides is 2. The van der Waals surface area contributed by atoms with Gasteiger partial charge in [0.15, 0.2) is 0 Å². The van der Waals surface area contributed by atoms with Gasteiger partial charge in [-0.2, -0.15) is 13.2 Å². The number of benzene rings is 2. The van der Waals surface area contributed by atoms with Crippen LogP contribution in [0.5, 0.6) is 0 Å². The molecule has 2 heterocycles. The van der Waals surface area contributed by atoms with E-state index in [4.69, 9.17) is 4.42 Å². The Balaban J connectivity index is 1.59. The van der Waals surface area contributed by atoms with Crippen LogP contribution >= 0.6 is 27.7 Å². The Bertz CT molecular complexity index is 1200. The third-order valence-electron chi connectivity index (χ3n) is 4.56. The van der Waals surface area contributed by atoms with Crippen LogP contribution in [0.1, 0.15) is 16.9 Å². The molecule has 1 fully saturated rings. The third-order valence-corrected chi connectivity index (χ3v) is 6.24. The van der Waals surface area contributed by atoms with Crippen molar-refractivity contribution in [2.45, 2.75) is 12.7 Å². The average molecular weight is 508 g/mol. The van der Waals surface area contributed by atoms with E-state index in [-0.39, 0.29) is 28.5 Å². The van der Waals surface area contributed by atoms with Crippen molar-refractivity contribution in [3.05, 3.63) is 86.9 Å². The van der Waals surface area contributed by atoms with Crippen molar-refractivity contribution >= 4 is 44.9 Å². The number of furan rings is 1. The molecule has 1 aromatic heterocycles. The lowest BCUT2D eigenvalue weighted by Crippen LogP contribution is -2.27. The van der Waals surface area contributed by atoms with E-state index in [1.807, 2.05) is 12.1 Å². The van der Waals surface area contributed by atoms with Gasteiger partial charge in [-0.05, 0) is 41.6 Å². The average Bonchev–Trinajstić information content (AvgIpc) is 3.29. The van der Waals surface area contributed by atoms with Crippen molar-refractivity contribution in [1.82, 2.24) is 4.90 Å². The Morgan fingerprint density at radius 1 is 1.00 bits per heavy atom. The van der Waals surface area contributed by atoms with Crippen LogP contribution in [-0.2, 0) is 17.5 Å². The lowest BCUT2D eigenvalue weighted by molar-refractivity contribution is -0.137. The lowest BCUT2D eigenvalue weighted by atomic mass is 10.1. The molecule has 0 spiro atoms. The van der Waals surface area contributed by atoms with Gasteiger partial charge in [0.05, 0.1) is 17.0 Å². The minimum atomic E-state index is -4.53. The summed E-state index contributed by atoms with van der Waals surface area (Å²) in [5.74, 6) is -0.288. The monoisotopic (exact) mass is 507 g/mol. The van der Waals surface area contributed by atoms with Gasteiger partial charge in [-0.1, -0.05) is 52.3 Å². The zero-order valence-corrected chi connectivity index (χ0v) is 18.1. The van der Waals surface area contributed by atoms with Crippen LogP contribution in [0.4, 0.5) is 18.0 Å². The van der Waals surface area contributed by atoms with E-state index in [2.05, 4.69) is 15.9 Å². The van der Waals surface area contributed by atoms with Crippen LogP contribution in [0.15, 0.2) is 74.5 Å². The predicted octanol–water partition coefficient (Wildman–Crippen LogP) is 6.96. The zero-order valence-electron chi connectivity index (χ0n) is 15.7. The summed E-state index contributed by atoms with van der Waals surface area (Å²) in [7, 11) is 0. The van der Waals surface area contributed by atoms with E-state index in [0.29, 0.717) is 0 Å². The molecule has 1 aliphatic rings. The van der Waals surface area contributed by atoms with Crippen molar-refractivity contribution in [2.24, 2.45) is 0 Å². The van der Waals surface area contributed by atoms with Crippen molar-refractivity contribution in [3.63, 3.8) is 0 Å². The Morgan fingerprint density at radius 3 is 2.45 bits per heavy atom. The van der Waals surface area contributed by atoms with Gasteiger partial charge in [-0.3, -0.25) is 14.5 Å². The second-order valence-electron chi connectivity index (χ2n) is 6.60. The van der Waals surface area contributed by atoms with E-state index in [0.717, 1.165) is 32.8 Å². The summed E-state index contributed by atoms with van der Waals surface area (Å²) in [6.07, 6.45) is -3.16. The van der Waals surface area contributed by atoms with E-state index in [1.165, 1.54) is 36.4 Å². The number of carbonyl (C=O) groups excluding carboxylic acids is 2. The normalized spacial score (nSPS) is 15.9. The molecule has 0 aliphatic carbocycles. The highest BCUT2D eigenvalue weighted by molar-refractivity contribution is 9.10. The largest absolute Gasteiger partial charge is 0.457 e. The Morgan fingerprint density at radius 2 is 1.71 bits per heavy atom. The highest BCUT2D eigenvalue weighted by Gasteiger charge is 2.36. The molecule has 0 N–H and O–H groups in total. The molecule has 4 nitrogen and oxygen atoms in total. The maximum atomic E-state index is 13.3. The number of carbonyl (C=O) groups is 2. The standard InChI is InChI=1S/C22H13BrF3NO3S/c23-17-8-4-1-5-13(17)12-27-20(28)19(31-21(27)29)11-14-9-10-18(30-14)15-6-2-3-7-16(15)22(24,25)26/h1-11H,12H2/b19-11-. The first-order chi connectivity index (χ1) is 14.7. The molecule has 31 heavy (non-hydrogen) atoms. The Labute approximate surface area is 187 Å². The fourth-order valence-electron chi connectivity index (χ4n) is 3.08. The van der Waals surface area contributed by atoms with Gasteiger partial charge in [-0.25, -0.2) is 0 Å². The smallest absolute Gasteiger partial charge is 0.417 e. The first-order valence-corrected chi connectivity index (χ1v) is 10.6.